The first-order valence-electron chi connectivity index (χ1n) is 4.81. The first kappa shape index (κ1) is 14.7. The molecule has 1 rings (SSSR count). The lowest BCUT2D eigenvalue weighted by molar-refractivity contribution is -0.134. The molecule has 0 saturated heterocycles. The quantitative estimate of drug-likeness (QED) is 0.634. The zero-order chi connectivity index (χ0) is 11.1. The van der Waals surface area contributed by atoms with E-state index in [0.717, 1.165) is 0 Å². The summed E-state index contributed by atoms with van der Waals surface area (Å²) in [6.07, 6.45) is 0.961. The Morgan fingerprint density at radius 3 is 2.50 bits per heavy atom. The van der Waals surface area contributed by atoms with Crippen LogP contribution in [0, 0.1) is 0 Å². The van der Waals surface area contributed by atoms with Crippen molar-refractivity contribution in [1.29, 1.82) is 0 Å². The van der Waals surface area contributed by atoms with Gasteiger partial charge in [-0.05, 0) is 25.1 Å². The molecule has 0 unspecified atom stereocenters. The second-order valence-electron chi connectivity index (χ2n) is 3.02. The van der Waals surface area contributed by atoms with Crippen LogP contribution in [0.2, 0.25) is 0 Å². The number of hydrogen-bond acceptors (Lipinski definition) is 4. The molecule has 0 heterocycles. The second kappa shape index (κ2) is 7.96. The van der Waals surface area contributed by atoms with Gasteiger partial charge in [0.2, 0.25) is 0 Å². The highest BCUT2D eigenvalue weighted by atomic mass is 35.5. The Morgan fingerprint density at radius 1 is 1.31 bits per heavy atom. The number of benzene rings is 1. The van der Waals surface area contributed by atoms with Gasteiger partial charge in [-0.2, -0.15) is 0 Å². The second-order valence-corrected chi connectivity index (χ2v) is 3.02. The zero-order valence-corrected chi connectivity index (χ0v) is 9.96. The van der Waals surface area contributed by atoms with Gasteiger partial charge in [0, 0.05) is 6.42 Å². The summed E-state index contributed by atoms with van der Waals surface area (Å²) < 4.78 is 10.2. The first-order valence-corrected chi connectivity index (χ1v) is 4.81. The molecule has 2 N–H and O–H groups in total. The minimum Gasteiger partial charge on any atom is -0.493 e. The fourth-order valence-corrected chi connectivity index (χ4v) is 1.12. The van der Waals surface area contributed by atoms with E-state index in [0.29, 0.717) is 30.9 Å². The Labute approximate surface area is 101 Å². The van der Waals surface area contributed by atoms with Crippen molar-refractivity contribution in [3.63, 3.8) is 0 Å². The predicted molar refractivity (Wildman–Crippen MR) is 64.2 cm³/mol. The SMILES string of the molecule is COc1ccccc1OC(=O)CCCN.Cl. The molecule has 0 spiro atoms. The molecule has 0 radical (unpaired) electrons. The highest BCUT2D eigenvalue weighted by Gasteiger charge is 2.08. The van der Waals surface area contributed by atoms with Crippen LogP contribution in [0.1, 0.15) is 12.8 Å². The van der Waals surface area contributed by atoms with E-state index in [9.17, 15) is 4.79 Å². The van der Waals surface area contributed by atoms with Crippen LogP contribution in [0.5, 0.6) is 11.5 Å². The fraction of sp³-hybridized carbons (Fsp3) is 0.364. The third-order valence-electron chi connectivity index (χ3n) is 1.88. The van der Waals surface area contributed by atoms with Crippen molar-refractivity contribution < 1.29 is 14.3 Å². The molecule has 0 fully saturated rings. The molecule has 16 heavy (non-hydrogen) atoms. The Bertz CT molecular complexity index is 331. The molecular weight excluding hydrogens is 230 g/mol. The lowest BCUT2D eigenvalue weighted by Crippen LogP contribution is -2.11. The van der Waals surface area contributed by atoms with Crippen molar-refractivity contribution in [2.75, 3.05) is 13.7 Å². The van der Waals surface area contributed by atoms with E-state index in [1.165, 1.54) is 7.11 Å². The molecule has 1 aromatic rings. The molecule has 90 valence electrons. The monoisotopic (exact) mass is 245 g/mol. The normalized spacial score (nSPS) is 9.12. The largest absolute Gasteiger partial charge is 0.493 e. The van der Waals surface area contributed by atoms with Gasteiger partial charge in [0.15, 0.2) is 11.5 Å². The highest BCUT2D eigenvalue weighted by Crippen LogP contribution is 2.26. The summed E-state index contributed by atoms with van der Waals surface area (Å²) in [7, 11) is 1.53. The van der Waals surface area contributed by atoms with Crippen molar-refractivity contribution in [1.82, 2.24) is 0 Å². The fourth-order valence-electron chi connectivity index (χ4n) is 1.12. The van der Waals surface area contributed by atoms with Crippen LogP contribution in [0.4, 0.5) is 0 Å². The van der Waals surface area contributed by atoms with Crippen LogP contribution in [0.15, 0.2) is 24.3 Å². The van der Waals surface area contributed by atoms with Gasteiger partial charge in [-0.25, -0.2) is 0 Å². The number of esters is 1. The Kier molecular flexibility index (Phi) is 7.33. The topological polar surface area (TPSA) is 61.5 Å². The Hall–Kier alpha value is -1.26. The summed E-state index contributed by atoms with van der Waals surface area (Å²) in [5.41, 5.74) is 5.29. The number of ether oxygens (including phenoxy) is 2. The third-order valence-corrected chi connectivity index (χ3v) is 1.88. The Balaban J connectivity index is 0.00000225. The van der Waals surface area contributed by atoms with Crippen LogP contribution in [-0.4, -0.2) is 19.6 Å². The highest BCUT2D eigenvalue weighted by molar-refractivity contribution is 5.85. The van der Waals surface area contributed by atoms with Crippen molar-refractivity contribution >= 4 is 18.4 Å². The number of rotatable bonds is 5. The van der Waals surface area contributed by atoms with Gasteiger partial charge in [-0.3, -0.25) is 4.79 Å². The van der Waals surface area contributed by atoms with E-state index in [4.69, 9.17) is 15.2 Å². The summed E-state index contributed by atoms with van der Waals surface area (Å²) in [5.74, 6) is 0.713. The molecule has 0 amide bonds. The van der Waals surface area contributed by atoms with Crippen LogP contribution >= 0.6 is 12.4 Å². The number of halogens is 1. The van der Waals surface area contributed by atoms with Gasteiger partial charge in [-0.15, -0.1) is 12.4 Å². The van der Waals surface area contributed by atoms with Crippen LogP contribution in [-0.2, 0) is 4.79 Å². The van der Waals surface area contributed by atoms with E-state index >= 15 is 0 Å². The van der Waals surface area contributed by atoms with Gasteiger partial charge in [-0.1, -0.05) is 12.1 Å². The van der Waals surface area contributed by atoms with Gasteiger partial charge in [0.25, 0.3) is 0 Å². The molecule has 4 nitrogen and oxygen atoms in total. The molecule has 0 aliphatic heterocycles. The maximum Gasteiger partial charge on any atom is 0.311 e. The van der Waals surface area contributed by atoms with Crippen LogP contribution in [0.25, 0.3) is 0 Å². The van der Waals surface area contributed by atoms with E-state index in [2.05, 4.69) is 0 Å². The summed E-state index contributed by atoms with van der Waals surface area (Å²) >= 11 is 0. The molecule has 5 heteroatoms. The Morgan fingerprint density at radius 2 is 1.94 bits per heavy atom. The van der Waals surface area contributed by atoms with E-state index in [1.807, 2.05) is 6.07 Å². The average molecular weight is 246 g/mol. The maximum atomic E-state index is 11.3. The molecule has 0 aliphatic rings. The number of hydrogen-bond donors (Lipinski definition) is 1. The summed E-state index contributed by atoms with van der Waals surface area (Å²) in [4.78, 5) is 11.3. The van der Waals surface area contributed by atoms with Gasteiger partial charge in [0.05, 0.1) is 7.11 Å². The zero-order valence-electron chi connectivity index (χ0n) is 9.14. The van der Waals surface area contributed by atoms with Gasteiger partial charge < -0.3 is 15.2 Å². The lowest BCUT2D eigenvalue weighted by Gasteiger charge is -2.08. The first-order chi connectivity index (χ1) is 7.27. The summed E-state index contributed by atoms with van der Waals surface area (Å²) in [6.45, 7) is 0.487. The van der Waals surface area contributed by atoms with Crippen molar-refractivity contribution in [2.24, 2.45) is 5.73 Å². The van der Waals surface area contributed by atoms with E-state index in [1.54, 1.807) is 18.2 Å². The van der Waals surface area contributed by atoms with Gasteiger partial charge in [0.1, 0.15) is 0 Å². The van der Waals surface area contributed by atoms with Crippen molar-refractivity contribution in [3.05, 3.63) is 24.3 Å². The van der Waals surface area contributed by atoms with Crippen LogP contribution in [0.3, 0.4) is 0 Å². The number of nitrogens with two attached hydrogens (primary N) is 1. The van der Waals surface area contributed by atoms with E-state index < -0.39 is 0 Å². The molecule has 0 aliphatic carbocycles. The summed E-state index contributed by atoms with van der Waals surface area (Å²) in [5, 5.41) is 0. The van der Waals surface area contributed by atoms with Crippen LogP contribution < -0.4 is 15.2 Å². The molecule has 0 aromatic heterocycles. The molecule has 1 aromatic carbocycles. The standard InChI is InChI=1S/C11H15NO3.ClH/c1-14-9-5-2-3-6-10(9)15-11(13)7-4-8-12;/h2-3,5-6H,4,7-8,12H2,1H3;1H. The number of carbonyl (C=O) groups is 1. The number of carbonyl (C=O) groups excluding carboxylic acids is 1. The third kappa shape index (κ3) is 4.51. The van der Waals surface area contributed by atoms with Crippen molar-refractivity contribution in [3.8, 4) is 11.5 Å². The number of methoxy groups -OCH3 is 1. The molecule has 0 bridgehead atoms. The minimum atomic E-state index is -0.287. The maximum absolute atomic E-state index is 11.3. The number of para-hydroxylation sites is 2. The van der Waals surface area contributed by atoms with E-state index in [-0.39, 0.29) is 18.4 Å². The minimum absolute atomic E-state index is 0. The van der Waals surface area contributed by atoms with Gasteiger partial charge >= 0.3 is 5.97 Å². The summed E-state index contributed by atoms with van der Waals surface area (Å²) in [6, 6.07) is 7.04. The lowest BCUT2D eigenvalue weighted by atomic mass is 10.3. The average Bonchev–Trinajstić information content (AvgIpc) is 2.27. The predicted octanol–water partition coefficient (Wildman–Crippen LogP) is 1.76. The molecule has 0 atom stereocenters. The van der Waals surface area contributed by atoms with Crippen molar-refractivity contribution in [2.45, 2.75) is 12.8 Å². The molecule has 0 saturated carbocycles. The smallest absolute Gasteiger partial charge is 0.311 e. The molecular formula is C11H16ClNO3.